The molecular weight excluding hydrogens is 395 g/mol. The molecule has 28 heavy (non-hydrogen) atoms. The predicted octanol–water partition coefficient (Wildman–Crippen LogP) is 4.66. The average molecular weight is 415 g/mol. The average Bonchev–Trinajstić information content (AvgIpc) is 3.33. The molecule has 5 rings (SSSR count). The van der Waals surface area contributed by atoms with Crippen LogP contribution >= 0.6 is 23.2 Å². The Balaban J connectivity index is 1.78. The maximum absolute atomic E-state index is 13.6. The summed E-state index contributed by atoms with van der Waals surface area (Å²) in [6, 6.07) is 12.8. The van der Waals surface area contributed by atoms with Gasteiger partial charge >= 0.3 is 0 Å². The lowest BCUT2D eigenvalue weighted by molar-refractivity contribution is -0.132. The fraction of sp³-hybridized carbons (Fsp3) is 0.364. The highest BCUT2D eigenvalue weighted by Crippen LogP contribution is 2.62. The molecule has 3 aliphatic rings. The highest BCUT2D eigenvalue weighted by Gasteiger charge is 2.67. The summed E-state index contributed by atoms with van der Waals surface area (Å²) in [5.41, 5.74) is 1.56. The monoisotopic (exact) mass is 414 g/mol. The van der Waals surface area contributed by atoms with Crippen LogP contribution < -0.4 is 10.6 Å². The number of carbonyl (C=O) groups excluding carboxylic acids is 2. The second kappa shape index (κ2) is 5.98. The Bertz CT molecular complexity index is 1020. The number of fused-ring (bicyclic) bond motifs is 2. The van der Waals surface area contributed by atoms with Gasteiger partial charge in [0.2, 0.25) is 11.8 Å². The fourth-order valence-corrected chi connectivity index (χ4v) is 5.53. The second-order valence-electron chi connectivity index (χ2n) is 8.48. The number of rotatable bonds is 2. The minimum atomic E-state index is -0.885. The molecule has 1 saturated carbocycles. The predicted molar refractivity (Wildman–Crippen MR) is 110 cm³/mol. The zero-order chi connectivity index (χ0) is 19.7. The molecule has 0 unspecified atom stereocenters. The molecular formula is C22H20Cl2N2O2. The first-order valence-corrected chi connectivity index (χ1v) is 10.3. The molecule has 144 valence electrons. The molecule has 2 aromatic carbocycles. The summed E-state index contributed by atoms with van der Waals surface area (Å²) < 4.78 is 0. The van der Waals surface area contributed by atoms with Crippen molar-refractivity contribution in [1.82, 2.24) is 5.32 Å². The maximum Gasteiger partial charge on any atom is 0.237 e. The summed E-state index contributed by atoms with van der Waals surface area (Å²) in [6.45, 7) is 2.15. The highest BCUT2D eigenvalue weighted by atomic mass is 35.5. The van der Waals surface area contributed by atoms with Gasteiger partial charge in [0.1, 0.15) is 5.41 Å². The fourth-order valence-electron chi connectivity index (χ4n) is 5.16. The maximum atomic E-state index is 13.6. The van der Waals surface area contributed by atoms with Crippen LogP contribution in [0, 0.1) is 5.41 Å². The van der Waals surface area contributed by atoms with Crippen LogP contribution in [0.2, 0.25) is 10.0 Å². The molecule has 3 atom stereocenters. The molecule has 0 bridgehead atoms. The van der Waals surface area contributed by atoms with Crippen LogP contribution in [0.3, 0.4) is 0 Å². The van der Waals surface area contributed by atoms with E-state index in [1.165, 1.54) is 0 Å². The van der Waals surface area contributed by atoms with E-state index in [0.29, 0.717) is 10.0 Å². The van der Waals surface area contributed by atoms with Gasteiger partial charge in [0.15, 0.2) is 0 Å². The number of hydrogen-bond acceptors (Lipinski definition) is 2. The number of hydrogen-bond donors (Lipinski definition) is 2. The molecule has 2 aromatic rings. The van der Waals surface area contributed by atoms with Crippen molar-refractivity contribution in [2.45, 2.75) is 43.6 Å². The van der Waals surface area contributed by atoms with Gasteiger partial charge in [-0.25, -0.2) is 0 Å². The van der Waals surface area contributed by atoms with Crippen molar-refractivity contribution in [3.63, 3.8) is 0 Å². The standard InChI is InChI=1S/C22H20Cl2N2O2/c1-21(7-8-21)19-22(15-6-5-14(24)10-17(15)25-20(22)28)16(11-18(27)26-19)12-3-2-4-13(23)9-12/h2-6,9-10,16,19H,7-8,11H2,1H3,(H,25,28)(H,26,27)/t16-,19+,22-/m0/s1. The molecule has 2 aliphatic heterocycles. The summed E-state index contributed by atoms with van der Waals surface area (Å²) >= 11 is 12.5. The first-order chi connectivity index (χ1) is 13.3. The Kier molecular flexibility index (Phi) is 3.85. The lowest BCUT2D eigenvalue weighted by Gasteiger charge is -2.49. The first kappa shape index (κ1) is 18.0. The van der Waals surface area contributed by atoms with E-state index in [2.05, 4.69) is 17.6 Å². The van der Waals surface area contributed by atoms with Gasteiger partial charge in [0.25, 0.3) is 0 Å². The highest BCUT2D eigenvalue weighted by molar-refractivity contribution is 6.31. The summed E-state index contributed by atoms with van der Waals surface area (Å²) in [5, 5.41) is 7.41. The number of benzene rings is 2. The van der Waals surface area contributed by atoms with Crippen molar-refractivity contribution in [1.29, 1.82) is 0 Å². The normalized spacial score (nSPS) is 30.0. The van der Waals surface area contributed by atoms with Gasteiger partial charge in [-0.15, -0.1) is 0 Å². The molecule has 1 spiro atoms. The van der Waals surface area contributed by atoms with Crippen molar-refractivity contribution in [3.05, 3.63) is 63.6 Å². The van der Waals surface area contributed by atoms with Gasteiger partial charge in [-0.2, -0.15) is 0 Å². The van der Waals surface area contributed by atoms with Crippen molar-refractivity contribution >= 4 is 40.7 Å². The zero-order valence-corrected chi connectivity index (χ0v) is 16.9. The minimum Gasteiger partial charge on any atom is -0.351 e. The molecule has 2 heterocycles. The quantitative estimate of drug-likeness (QED) is 0.750. The van der Waals surface area contributed by atoms with Crippen LogP contribution in [-0.2, 0) is 15.0 Å². The smallest absolute Gasteiger partial charge is 0.237 e. The number of nitrogens with one attached hydrogen (secondary N) is 2. The first-order valence-electron chi connectivity index (χ1n) is 9.51. The third kappa shape index (κ3) is 2.44. The van der Waals surface area contributed by atoms with Crippen LogP contribution in [0.1, 0.15) is 43.2 Å². The van der Waals surface area contributed by atoms with E-state index in [0.717, 1.165) is 29.7 Å². The van der Waals surface area contributed by atoms with Crippen molar-refractivity contribution < 1.29 is 9.59 Å². The van der Waals surface area contributed by atoms with E-state index >= 15 is 0 Å². The van der Waals surface area contributed by atoms with E-state index < -0.39 is 5.41 Å². The molecule has 6 heteroatoms. The van der Waals surface area contributed by atoms with Gasteiger partial charge in [0, 0.05) is 28.1 Å². The number of piperidine rings is 1. The molecule has 4 nitrogen and oxygen atoms in total. The molecule has 0 radical (unpaired) electrons. The van der Waals surface area contributed by atoms with Gasteiger partial charge in [-0.3, -0.25) is 9.59 Å². The summed E-state index contributed by atoms with van der Waals surface area (Å²) in [4.78, 5) is 26.4. The number of anilines is 1. The second-order valence-corrected chi connectivity index (χ2v) is 9.35. The molecule has 1 aliphatic carbocycles. The Morgan fingerprint density at radius 2 is 1.79 bits per heavy atom. The number of halogens is 2. The zero-order valence-electron chi connectivity index (χ0n) is 15.4. The summed E-state index contributed by atoms with van der Waals surface area (Å²) in [5.74, 6) is -0.401. The summed E-state index contributed by atoms with van der Waals surface area (Å²) in [6.07, 6.45) is 2.21. The number of amides is 2. The number of carbonyl (C=O) groups is 2. The summed E-state index contributed by atoms with van der Waals surface area (Å²) in [7, 11) is 0. The molecule has 2 amide bonds. The minimum absolute atomic E-state index is 0.0241. The Labute approximate surface area is 173 Å². The molecule has 2 fully saturated rings. The lowest BCUT2D eigenvalue weighted by atomic mass is 9.57. The SMILES string of the molecule is CC1([C@H]2NC(=O)C[C@@H](c3cccc(Cl)c3)[C@]23C(=O)Nc2cc(Cl)ccc23)CC1. The van der Waals surface area contributed by atoms with E-state index in [4.69, 9.17) is 23.2 Å². The van der Waals surface area contributed by atoms with E-state index in [9.17, 15) is 9.59 Å². The van der Waals surface area contributed by atoms with Crippen LogP contribution in [-0.4, -0.2) is 17.9 Å². The third-order valence-electron chi connectivity index (χ3n) is 6.74. The van der Waals surface area contributed by atoms with Gasteiger partial charge in [-0.05, 0) is 53.6 Å². The Morgan fingerprint density at radius 3 is 2.50 bits per heavy atom. The lowest BCUT2D eigenvalue weighted by Crippen LogP contribution is -2.64. The topological polar surface area (TPSA) is 58.2 Å². The third-order valence-corrected chi connectivity index (χ3v) is 7.21. The Hall–Kier alpha value is -2.04. The van der Waals surface area contributed by atoms with Crippen LogP contribution in [0.15, 0.2) is 42.5 Å². The van der Waals surface area contributed by atoms with E-state index in [1.807, 2.05) is 36.4 Å². The van der Waals surface area contributed by atoms with Crippen LogP contribution in [0.25, 0.3) is 0 Å². The largest absolute Gasteiger partial charge is 0.351 e. The van der Waals surface area contributed by atoms with Gasteiger partial charge in [0.05, 0.1) is 6.04 Å². The molecule has 1 saturated heterocycles. The van der Waals surface area contributed by atoms with E-state index in [-0.39, 0.29) is 35.6 Å². The van der Waals surface area contributed by atoms with Gasteiger partial charge in [-0.1, -0.05) is 48.3 Å². The van der Waals surface area contributed by atoms with Crippen molar-refractivity contribution in [2.75, 3.05) is 5.32 Å². The van der Waals surface area contributed by atoms with Crippen LogP contribution in [0.4, 0.5) is 5.69 Å². The van der Waals surface area contributed by atoms with Crippen molar-refractivity contribution in [2.24, 2.45) is 5.41 Å². The van der Waals surface area contributed by atoms with E-state index in [1.54, 1.807) is 6.07 Å². The molecule has 2 N–H and O–H groups in total. The molecule has 0 aromatic heterocycles. The van der Waals surface area contributed by atoms with Gasteiger partial charge < -0.3 is 10.6 Å². The Morgan fingerprint density at radius 1 is 1.04 bits per heavy atom. The van der Waals surface area contributed by atoms with Crippen LogP contribution in [0.5, 0.6) is 0 Å². The van der Waals surface area contributed by atoms with Crippen molar-refractivity contribution in [3.8, 4) is 0 Å².